The minimum atomic E-state index is -0.578. The van der Waals surface area contributed by atoms with Gasteiger partial charge in [-0.2, -0.15) is 0 Å². The predicted octanol–water partition coefficient (Wildman–Crippen LogP) is 2.68. The van der Waals surface area contributed by atoms with Gasteiger partial charge in [-0.1, -0.05) is 30.2 Å². The van der Waals surface area contributed by atoms with E-state index in [4.69, 9.17) is 11.6 Å². The summed E-state index contributed by atoms with van der Waals surface area (Å²) in [5, 5.41) is 13.4. The molecule has 1 amide bonds. The lowest BCUT2D eigenvalue weighted by molar-refractivity contribution is -0.127. The summed E-state index contributed by atoms with van der Waals surface area (Å²) in [7, 11) is 0. The van der Waals surface area contributed by atoms with E-state index >= 15 is 0 Å². The molecule has 1 atom stereocenters. The van der Waals surface area contributed by atoms with E-state index in [0.29, 0.717) is 18.0 Å². The number of amides is 1. The summed E-state index contributed by atoms with van der Waals surface area (Å²) in [6.45, 7) is 0.503. The van der Waals surface area contributed by atoms with E-state index in [0.717, 1.165) is 24.8 Å². The zero-order chi connectivity index (χ0) is 13.0. The standard InChI is InChI=1S/C14H18ClNO2/c15-12-6-2-5-11(9-12)13(17)7-8-16-14(18)10-3-1-4-10/h2,5-6,9-10,13,17H,1,3-4,7-8H2,(H,16,18)/t13-/m1/s1. The zero-order valence-corrected chi connectivity index (χ0v) is 11.0. The van der Waals surface area contributed by atoms with Crippen LogP contribution >= 0.6 is 11.6 Å². The maximum absolute atomic E-state index is 11.6. The number of aliphatic hydroxyl groups excluding tert-OH is 1. The molecule has 1 saturated carbocycles. The van der Waals surface area contributed by atoms with E-state index in [1.807, 2.05) is 12.1 Å². The van der Waals surface area contributed by atoms with Crippen LogP contribution in [0.4, 0.5) is 0 Å². The molecule has 0 radical (unpaired) electrons. The molecule has 4 heteroatoms. The van der Waals surface area contributed by atoms with E-state index in [9.17, 15) is 9.90 Å². The molecule has 0 aliphatic heterocycles. The number of hydrogen-bond donors (Lipinski definition) is 2. The van der Waals surface area contributed by atoms with Gasteiger partial charge in [-0.3, -0.25) is 4.79 Å². The number of aliphatic hydroxyl groups is 1. The van der Waals surface area contributed by atoms with Crippen LogP contribution in [0.3, 0.4) is 0 Å². The fraction of sp³-hybridized carbons (Fsp3) is 0.500. The summed E-state index contributed by atoms with van der Waals surface area (Å²) < 4.78 is 0. The van der Waals surface area contributed by atoms with Gasteiger partial charge in [0, 0.05) is 17.5 Å². The molecule has 1 aliphatic rings. The van der Waals surface area contributed by atoms with Crippen LogP contribution in [0, 0.1) is 5.92 Å². The largest absolute Gasteiger partial charge is 0.388 e. The van der Waals surface area contributed by atoms with Gasteiger partial charge >= 0.3 is 0 Å². The summed E-state index contributed by atoms with van der Waals surface area (Å²) in [6, 6.07) is 7.17. The van der Waals surface area contributed by atoms with Crippen molar-refractivity contribution in [1.29, 1.82) is 0 Å². The van der Waals surface area contributed by atoms with Gasteiger partial charge in [-0.05, 0) is 37.0 Å². The monoisotopic (exact) mass is 267 g/mol. The number of benzene rings is 1. The van der Waals surface area contributed by atoms with Crippen molar-refractivity contribution in [1.82, 2.24) is 5.32 Å². The molecule has 0 heterocycles. The normalized spacial score (nSPS) is 17.0. The minimum Gasteiger partial charge on any atom is -0.388 e. The van der Waals surface area contributed by atoms with Crippen LogP contribution in [0.1, 0.15) is 37.4 Å². The predicted molar refractivity (Wildman–Crippen MR) is 71.4 cm³/mol. The van der Waals surface area contributed by atoms with Gasteiger partial charge < -0.3 is 10.4 Å². The molecule has 98 valence electrons. The summed E-state index contributed by atoms with van der Waals surface area (Å²) >= 11 is 5.86. The second kappa shape index (κ2) is 6.21. The van der Waals surface area contributed by atoms with Crippen molar-refractivity contribution in [2.75, 3.05) is 6.54 Å². The third-order valence-corrected chi connectivity index (χ3v) is 3.66. The first-order chi connectivity index (χ1) is 8.66. The number of carbonyl (C=O) groups excluding carboxylic acids is 1. The molecular formula is C14H18ClNO2. The van der Waals surface area contributed by atoms with Crippen LogP contribution in [0.25, 0.3) is 0 Å². The summed E-state index contributed by atoms with van der Waals surface area (Å²) in [5.74, 6) is 0.327. The maximum Gasteiger partial charge on any atom is 0.223 e. The quantitative estimate of drug-likeness (QED) is 0.862. The Morgan fingerprint density at radius 2 is 2.28 bits per heavy atom. The van der Waals surface area contributed by atoms with Gasteiger partial charge in [0.25, 0.3) is 0 Å². The van der Waals surface area contributed by atoms with E-state index in [-0.39, 0.29) is 11.8 Å². The third-order valence-electron chi connectivity index (χ3n) is 3.43. The minimum absolute atomic E-state index is 0.125. The molecule has 3 nitrogen and oxygen atoms in total. The van der Waals surface area contributed by atoms with Crippen LogP contribution < -0.4 is 5.32 Å². The Hall–Kier alpha value is -1.06. The molecule has 1 fully saturated rings. The SMILES string of the molecule is O=C(NCC[C@@H](O)c1cccc(Cl)c1)C1CCC1. The van der Waals surface area contributed by atoms with Crippen LogP contribution in [-0.4, -0.2) is 17.6 Å². The smallest absolute Gasteiger partial charge is 0.223 e. The van der Waals surface area contributed by atoms with Gasteiger partial charge in [0.05, 0.1) is 6.10 Å². The van der Waals surface area contributed by atoms with Crippen molar-refractivity contribution in [3.05, 3.63) is 34.9 Å². The molecule has 2 N–H and O–H groups in total. The Morgan fingerprint density at radius 1 is 1.50 bits per heavy atom. The molecule has 1 aliphatic carbocycles. The lowest BCUT2D eigenvalue weighted by atomic mass is 9.85. The molecule has 1 aromatic carbocycles. The first-order valence-electron chi connectivity index (χ1n) is 6.38. The van der Waals surface area contributed by atoms with Crippen LogP contribution in [0.5, 0.6) is 0 Å². The molecular weight excluding hydrogens is 250 g/mol. The van der Waals surface area contributed by atoms with Gasteiger partial charge in [0.15, 0.2) is 0 Å². The molecule has 2 rings (SSSR count). The van der Waals surface area contributed by atoms with Gasteiger partial charge in [0.2, 0.25) is 5.91 Å². The number of halogens is 1. The lowest BCUT2D eigenvalue weighted by Crippen LogP contribution is -2.35. The highest BCUT2D eigenvalue weighted by molar-refractivity contribution is 6.30. The lowest BCUT2D eigenvalue weighted by Gasteiger charge is -2.24. The Labute approximate surface area is 112 Å². The Balaban J connectivity index is 1.74. The number of nitrogens with one attached hydrogen (secondary N) is 1. The molecule has 18 heavy (non-hydrogen) atoms. The molecule has 0 spiro atoms. The van der Waals surface area contributed by atoms with Crippen molar-refractivity contribution in [3.63, 3.8) is 0 Å². The summed E-state index contributed by atoms with van der Waals surface area (Å²) in [6.07, 6.45) is 3.10. The Morgan fingerprint density at radius 3 is 2.89 bits per heavy atom. The number of hydrogen-bond acceptors (Lipinski definition) is 2. The average molecular weight is 268 g/mol. The van der Waals surface area contributed by atoms with Gasteiger partial charge in [0.1, 0.15) is 0 Å². The highest BCUT2D eigenvalue weighted by Crippen LogP contribution is 2.26. The number of carbonyl (C=O) groups is 1. The Kier molecular flexibility index (Phi) is 4.61. The van der Waals surface area contributed by atoms with E-state index in [1.54, 1.807) is 12.1 Å². The number of rotatable bonds is 5. The highest BCUT2D eigenvalue weighted by Gasteiger charge is 2.24. The molecule has 0 bridgehead atoms. The highest BCUT2D eigenvalue weighted by atomic mass is 35.5. The third kappa shape index (κ3) is 3.47. The Bertz CT molecular complexity index is 418. The van der Waals surface area contributed by atoms with E-state index in [2.05, 4.69) is 5.32 Å². The topological polar surface area (TPSA) is 49.3 Å². The molecule has 0 aromatic heterocycles. The fourth-order valence-electron chi connectivity index (χ4n) is 2.03. The van der Waals surface area contributed by atoms with Gasteiger partial charge in [-0.15, -0.1) is 0 Å². The van der Waals surface area contributed by atoms with Crippen LogP contribution in [0.2, 0.25) is 5.02 Å². The van der Waals surface area contributed by atoms with Crippen molar-refractivity contribution >= 4 is 17.5 Å². The van der Waals surface area contributed by atoms with E-state index in [1.165, 1.54) is 0 Å². The molecule has 1 aromatic rings. The second-order valence-corrected chi connectivity index (χ2v) is 5.21. The van der Waals surface area contributed by atoms with Gasteiger partial charge in [-0.25, -0.2) is 0 Å². The van der Waals surface area contributed by atoms with Crippen molar-refractivity contribution in [3.8, 4) is 0 Å². The van der Waals surface area contributed by atoms with Crippen LogP contribution in [0.15, 0.2) is 24.3 Å². The second-order valence-electron chi connectivity index (χ2n) is 4.78. The fourth-order valence-corrected chi connectivity index (χ4v) is 2.23. The summed E-state index contributed by atoms with van der Waals surface area (Å²) in [4.78, 5) is 11.6. The van der Waals surface area contributed by atoms with E-state index < -0.39 is 6.10 Å². The first-order valence-corrected chi connectivity index (χ1v) is 6.76. The van der Waals surface area contributed by atoms with Crippen molar-refractivity contribution in [2.24, 2.45) is 5.92 Å². The molecule has 0 unspecified atom stereocenters. The zero-order valence-electron chi connectivity index (χ0n) is 10.2. The molecule has 0 saturated heterocycles. The van der Waals surface area contributed by atoms with Crippen molar-refractivity contribution < 1.29 is 9.90 Å². The maximum atomic E-state index is 11.6. The van der Waals surface area contributed by atoms with Crippen molar-refractivity contribution in [2.45, 2.75) is 31.8 Å². The summed E-state index contributed by atoms with van der Waals surface area (Å²) in [5.41, 5.74) is 0.792. The average Bonchev–Trinajstić information content (AvgIpc) is 2.26. The first kappa shape index (κ1) is 13.4. The van der Waals surface area contributed by atoms with Crippen LogP contribution in [-0.2, 0) is 4.79 Å².